The van der Waals surface area contributed by atoms with Crippen molar-refractivity contribution in [1.29, 1.82) is 0 Å². The predicted octanol–water partition coefficient (Wildman–Crippen LogP) is 0.0138. The van der Waals surface area contributed by atoms with Crippen LogP contribution in [0, 0.1) is 6.92 Å². The molecular formula is C14H24N4O3S. The van der Waals surface area contributed by atoms with E-state index in [0.717, 1.165) is 12.2 Å². The number of carbonyl (C=O) groups excluding carboxylic acids is 1. The number of carbonyl (C=O) groups is 1. The molecule has 7 nitrogen and oxygen atoms in total. The van der Waals surface area contributed by atoms with Gasteiger partial charge in [-0.05, 0) is 13.8 Å². The third-order valence-corrected chi connectivity index (χ3v) is 4.86. The van der Waals surface area contributed by atoms with Crippen LogP contribution >= 0.6 is 0 Å². The van der Waals surface area contributed by atoms with E-state index < -0.39 is 9.84 Å². The number of piperazine rings is 1. The Morgan fingerprint density at radius 1 is 1.27 bits per heavy atom. The third-order valence-electron chi connectivity index (χ3n) is 3.94. The highest BCUT2D eigenvalue weighted by Gasteiger charge is 2.24. The van der Waals surface area contributed by atoms with Crippen molar-refractivity contribution in [3.05, 3.63) is 17.5 Å². The molecule has 1 aliphatic heterocycles. The summed E-state index contributed by atoms with van der Waals surface area (Å²) >= 11 is 0. The third kappa shape index (κ3) is 4.30. The normalized spacial score (nSPS) is 17.0. The second kappa shape index (κ2) is 6.78. The lowest BCUT2D eigenvalue weighted by atomic mass is 10.2. The molecule has 0 bridgehead atoms. The summed E-state index contributed by atoms with van der Waals surface area (Å²) in [5.41, 5.74) is 1.41. The highest BCUT2D eigenvalue weighted by molar-refractivity contribution is 7.90. The summed E-state index contributed by atoms with van der Waals surface area (Å²) in [7, 11) is -2.94. The van der Waals surface area contributed by atoms with Gasteiger partial charge in [0.15, 0.2) is 0 Å². The van der Waals surface area contributed by atoms with Gasteiger partial charge in [-0.2, -0.15) is 5.10 Å². The van der Waals surface area contributed by atoms with Crippen LogP contribution in [-0.4, -0.2) is 78.6 Å². The van der Waals surface area contributed by atoms with E-state index >= 15 is 0 Å². The minimum atomic E-state index is -2.94. The topological polar surface area (TPSA) is 75.5 Å². The molecule has 0 aromatic carbocycles. The highest BCUT2D eigenvalue weighted by atomic mass is 32.2. The molecule has 22 heavy (non-hydrogen) atoms. The number of sulfone groups is 1. The number of aromatic nitrogens is 2. The quantitative estimate of drug-likeness (QED) is 0.761. The van der Waals surface area contributed by atoms with Crippen LogP contribution in [0.15, 0.2) is 6.20 Å². The van der Waals surface area contributed by atoms with Gasteiger partial charge in [0.05, 0.1) is 17.0 Å². The van der Waals surface area contributed by atoms with E-state index in [1.165, 1.54) is 6.26 Å². The van der Waals surface area contributed by atoms with Crippen LogP contribution < -0.4 is 0 Å². The lowest BCUT2D eigenvalue weighted by Gasteiger charge is -2.34. The van der Waals surface area contributed by atoms with Gasteiger partial charge < -0.3 is 4.90 Å². The molecule has 0 atom stereocenters. The Morgan fingerprint density at radius 3 is 2.41 bits per heavy atom. The Bertz CT molecular complexity index is 631. The molecule has 2 heterocycles. The molecule has 0 spiro atoms. The van der Waals surface area contributed by atoms with Crippen LogP contribution in [0.1, 0.15) is 23.0 Å². The highest BCUT2D eigenvalue weighted by Crippen LogP contribution is 2.12. The summed E-state index contributed by atoms with van der Waals surface area (Å²) in [4.78, 5) is 16.4. The van der Waals surface area contributed by atoms with Gasteiger partial charge in [0.2, 0.25) is 0 Å². The molecule has 2 rings (SSSR count). The summed E-state index contributed by atoms with van der Waals surface area (Å²) in [5.74, 6) is 0.184. The summed E-state index contributed by atoms with van der Waals surface area (Å²) < 4.78 is 24.2. The van der Waals surface area contributed by atoms with Gasteiger partial charge in [0.25, 0.3) is 5.91 Å². The maximum Gasteiger partial charge on any atom is 0.257 e. The second-order valence-electron chi connectivity index (χ2n) is 5.75. The molecule has 0 aliphatic carbocycles. The molecule has 1 aromatic rings. The van der Waals surface area contributed by atoms with Crippen molar-refractivity contribution >= 4 is 15.7 Å². The maximum atomic E-state index is 12.5. The molecule has 0 radical (unpaired) electrons. The van der Waals surface area contributed by atoms with Crippen molar-refractivity contribution in [2.45, 2.75) is 20.4 Å². The molecule has 1 aliphatic rings. The Balaban J connectivity index is 1.91. The molecule has 0 unspecified atom stereocenters. The van der Waals surface area contributed by atoms with Gasteiger partial charge in [-0.1, -0.05) is 0 Å². The van der Waals surface area contributed by atoms with Crippen molar-refractivity contribution in [3.8, 4) is 0 Å². The second-order valence-corrected chi connectivity index (χ2v) is 8.01. The fraction of sp³-hybridized carbons (Fsp3) is 0.714. The van der Waals surface area contributed by atoms with E-state index in [9.17, 15) is 13.2 Å². The Hall–Kier alpha value is -1.41. The number of nitrogens with zero attached hydrogens (tertiary/aromatic N) is 4. The lowest BCUT2D eigenvalue weighted by molar-refractivity contribution is 0.0643. The molecule has 1 fully saturated rings. The largest absolute Gasteiger partial charge is 0.336 e. The monoisotopic (exact) mass is 328 g/mol. The molecule has 124 valence electrons. The molecular weight excluding hydrogens is 304 g/mol. The minimum Gasteiger partial charge on any atom is -0.336 e. The lowest BCUT2D eigenvalue weighted by Crippen LogP contribution is -2.49. The first-order valence-corrected chi connectivity index (χ1v) is 9.59. The fourth-order valence-corrected chi connectivity index (χ4v) is 3.12. The number of amides is 1. The van der Waals surface area contributed by atoms with Crippen LogP contribution in [0.4, 0.5) is 0 Å². The van der Waals surface area contributed by atoms with Crippen LogP contribution in [0.2, 0.25) is 0 Å². The van der Waals surface area contributed by atoms with Gasteiger partial charge in [0, 0.05) is 51.7 Å². The van der Waals surface area contributed by atoms with E-state index in [4.69, 9.17) is 0 Å². The predicted molar refractivity (Wildman–Crippen MR) is 84.7 cm³/mol. The van der Waals surface area contributed by atoms with Crippen LogP contribution in [0.5, 0.6) is 0 Å². The first kappa shape index (κ1) is 17.0. The SMILES string of the molecule is CCn1cc(C(=O)N2CCN(CCS(C)(=O)=O)CC2)c(C)n1. The summed E-state index contributed by atoms with van der Waals surface area (Å²) in [6.07, 6.45) is 3.05. The fourth-order valence-electron chi connectivity index (χ4n) is 2.53. The van der Waals surface area contributed by atoms with Crippen molar-refractivity contribution in [3.63, 3.8) is 0 Å². The van der Waals surface area contributed by atoms with Gasteiger partial charge in [-0.3, -0.25) is 14.4 Å². The Kier molecular flexibility index (Phi) is 5.23. The first-order chi connectivity index (χ1) is 10.3. The zero-order valence-electron chi connectivity index (χ0n) is 13.4. The summed E-state index contributed by atoms with van der Waals surface area (Å²) in [6.45, 7) is 7.78. The van der Waals surface area contributed by atoms with Crippen molar-refractivity contribution in [1.82, 2.24) is 19.6 Å². The first-order valence-electron chi connectivity index (χ1n) is 7.53. The standard InChI is InChI=1S/C14H24N4O3S/c1-4-18-11-13(12(2)15-18)14(19)17-7-5-16(6-8-17)9-10-22(3,20)21/h11H,4-10H2,1-3H3. The van der Waals surface area contributed by atoms with E-state index in [0.29, 0.717) is 38.3 Å². The number of hydrogen-bond donors (Lipinski definition) is 0. The zero-order chi connectivity index (χ0) is 16.3. The van der Waals surface area contributed by atoms with E-state index in [1.54, 1.807) is 10.9 Å². The summed E-state index contributed by atoms with van der Waals surface area (Å²) in [6, 6.07) is 0. The van der Waals surface area contributed by atoms with E-state index in [2.05, 4.69) is 10.00 Å². The average Bonchev–Trinajstić information content (AvgIpc) is 2.85. The smallest absolute Gasteiger partial charge is 0.257 e. The van der Waals surface area contributed by atoms with Crippen LogP contribution in [-0.2, 0) is 16.4 Å². The summed E-state index contributed by atoms with van der Waals surface area (Å²) in [5, 5.41) is 4.31. The molecule has 0 saturated carbocycles. The Labute approximate surface area is 131 Å². The van der Waals surface area contributed by atoms with Gasteiger partial charge in [-0.25, -0.2) is 8.42 Å². The van der Waals surface area contributed by atoms with Crippen molar-refractivity contribution in [2.24, 2.45) is 0 Å². The molecule has 0 N–H and O–H groups in total. The van der Waals surface area contributed by atoms with Crippen molar-refractivity contribution < 1.29 is 13.2 Å². The molecule has 1 saturated heterocycles. The maximum absolute atomic E-state index is 12.5. The number of hydrogen-bond acceptors (Lipinski definition) is 5. The van der Waals surface area contributed by atoms with Crippen LogP contribution in [0.25, 0.3) is 0 Å². The van der Waals surface area contributed by atoms with E-state index in [1.807, 2.05) is 18.7 Å². The van der Waals surface area contributed by atoms with E-state index in [-0.39, 0.29) is 11.7 Å². The average molecular weight is 328 g/mol. The molecule has 1 amide bonds. The van der Waals surface area contributed by atoms with Gasteiger partial charge >= 0.3 is 0 Å². The number of rotatable bonds is 5. The van der Waals surface area contributed by atoms with Gasteiger partial charge in [0.1, 0.15) is 9.84 Å². The Morgan fingerprint density at radius 2 is 1.91 bits per heavy atom. The zero-order valence-corrected chi connectivity index (χ0v) is 14.3. The van der Waals surface area contributed by atoms with Crippen molar-refractivity contribution in [2.75, 3.05) is 44.7 Å². The molecule has 1 aromatic heterocycles. The molecule has 8 heteroatoms. The minimum absolute atomic E-state index is 0.0139. The van der Waals surface area contributed by atoms with Gasteiger partial charge in [-0.15, -0.1) is 0 Å². The number of aryl methyl sites for hydroxylation is 2. The van der Waals surface area contributed by atoms with Crippen LogP contribution in [0.3, 0.4) is 0 Å².